The molecule has 0 fully saturated rings. The van der Waals surface area contributed by atoms with Crippen molar-refractivity contribution < 1.29 is 0 Å². The summed E-state index contributed by atoms with van der Waals surface area (Å²) in [6.45, 7) is 0. The Labute approximate surface area is 182 Å². The minimum atomic E-state index is 0.638. The van der Waals surface area contributed by atoms with Crippen LogP contribution in [-0.4, -0.2) is 15.0 Å². The van der Waals surface area contributed by atoms with E-state index >= 15 is 0 Å². The summed E-state index contributed by atoms with van der Waals surface area (Å²) >= 11 is 10.5. The van der Waals surface area contributed by atoms with Crippen LogP contribution in [0.3, 0.4) is 0 Å². The van der Waals surface area contributed by atoms with Crippen molar-refractivity contribution in [2.45, 2.75) is 0 Å². The third-order valence-electron chi connectivity index (χ3n) is 3.90. The smallest absolute Gasteiger partial charge is 0.164 e. The van der Waals surface area contributed by atoms with Gasteiger partial charge in [0.15, 0.2) is 17.5 Å². The first kappa shape index (κ1) is 18.5. The second-order valence-corrected chi connectivity index (χ2v) is 8.58. The third-order valence-corrected chi connectivity index (χ3v) is 5.42. The maximum absolute atomic E-state index is 4.73. The molecule has 27 heavy (non-hydrogen) atoms. The van der Waals surface area contributed by atoms with E-state index in [-0.39, 0.29) is 0 Å². The average molecular weight is 546 g/mol. The molecule has 0 aliphatic heterocycles. The van der Waals surface area contributed by atoms with Crippen molar-refractivity contribution in [3.05, 3.63) is 86.2 Å². The van der Waals surface area contributed by atoms with Crippen molar-refractivity contribution in [1.29, 1.82) is 0 Å². The Balaban J connectivity index is 1.92. The molecule has 0 saturated heterocycles. The summed E-state index contributed by atoms with van der Waals surface area (Å²) in [5, 5.41) is 0. The first-order chi connectivity index (χ1) is 13.1. The molecule has 4 rings (SSSR count). The van der Waals surface area contributed by atoms with Gasteiger partial charge in [-0.25, -0.2) is 15.0 Å². The molecule has 0 atom stereocenters. The zero-order chi connectivity index (χ0) is 18.8. The monoisotopic (exact) mass is 543 g/mol. The second kappa shape index (κ2) is 8.00. The number of halogens is 3. The van der Waals surface area contributed by atoms with E-state index in [1.165, 1.54) is 0 Å². The van der Waals surface area contributed by atoms with Crippen LogP contribution in [0.5, 0.6) is 0 Å². The highest BCUT2D eigenvalue weighted by Gasteiger charge is 2.12. The van der Waals surface area contributed by atoms with Crippen LogP contribution in [-0.2, 0) is 0 Å². The third kappa shape index (κ3) is 4.34. The summed E-state index contributed by atoms with van der Waals surface area (Å²) in [6.07, 6.45) is 0. The van der Waals surface area contributed by atoms with Gasteiger partial charge in [0, 0.05) is 30.1 Å². The SMILES string of the molecule is Brc1ccc(-c2nc(-c3cccc(Br)c3)nc(-c3cccc(Br)c3)n2)cc1. The highest BCUT2D eigenvalue weighted by molar-refractivity contribution is 9.11. The van der Waals surface area contributed by atoms with Crippen molar-refractivity contribution in [2.24, 2.45) is 0 Å². The molecule has 0 radical (unpaired) electrons. The van der Waals surface area contributed by atoms with Gasteiger partial charge >= 0.3 is 0 Å². The molecule has 0 bridgehead atoms. The lowest BCUT2D eigenvalue weighted by atomic mass is 10.1. The summed E-state index contributed by atoms with van der Waals surface area (Å²) in [4.78, 5) is 14.2. The van der Waals surface area contributed by atoms with E-state index in [0.29, 0.717) is 17.5 Å². The normalized spacial score (nSPS) is 10.8. The Morgan fingerprint density at radius 2 is 0.889 bits per heavy atom. The quantitative estimate of drug-likeness (QED) is 0.274. The minimum Gasteiger partial charge on any atom is -0.208 e. The lowest BCUT2D eigenvalue weighted by Gasteiger charge is -2.09. The summed E-state index contributed by atoms with van der Waals surface area (Å²) in [7, 11) is 0. The van der Waals surface area contributed by atoms with E-state index in [1.807, 2.05) is 72.8 Å². The van der Waals surface area contributed by atoms with Crippen LogP contribution < -0.4 is 0 Å². The van der Waals surface area contributed by atoms with Crippen molar-refractivity contribution >= 4 is 47.8 Å². The molecule has 132 valence electrons. The van der Waals surface area contributed by atoms with Gasteiger partial charge in [-0.2, -0.15) is 0 Å². The van der Waals surface area contributed by atoms with Crippen LogP contribution in [0.2, 0.25) is 0 Å². The number of hydrogen-bond donors (Lipinski definition) is 0. The van der Waals surface area contributed by atoms with E-state index in [2.05, 4.69) is 47.8 Å². The number of nitrogens with zero attached hydrogens (tertiary/aromatic N) is 3. The predicted molar refractivity (Wildman–Crippen MR) is 119 cm³/mol. The number of benzene rings is 3. The molecule has 6 heteroatoms. The molecule has 0 amide bonds. The van der Waals surface area contributed by atoms with Crippen LogP contribution in [0.1, 0.15) is 0 Å². The van der Waals surface area contributed by atoms with Crippen molar-refractivity contribution in [3.63, 3.8) is 0 Å². The molecule has 0 aliphatic carbocycles. The maximum Gasteiger partial charge on any atom is 0.164 e. The Morgan fingerprint density at radius 3 is 1.33 bits per heavy atom. The van der Waals surface area contributed by atoms with Crippen LogP contribution in [0.15, 0.2) is 86.2 Å². The zero-order valence-electron chi connectivity index (χ0n) is 13.9. The van der Waals surface area contributed by atoms with Gasteiger partial charge in [0.25, 0.3) is 0 Å². The molecule has 0 N–H and O–H groups in total. The lowest BCUT2D eigenvalue weighted by Crippen LogP contribution is -2.00. The molecular formula is C21H12Br3N3. The van der Waals surface area contributed by atoms with Crippen LogP contribution in [0.4, 0.5) is 0 Å². The van der Waals surface area contributed by atoms with Crippen molar-refractivity contribution in [3.8, 4) is 34.2 Å². The first-order valence-corrected chi connectivity index (χ1v) is 10.5. The molecule has 1 heterocycles. The van der Waals surface area contributed by atoms with Gasteiger partial charge in [0.05, 0.1) is 0 Å². The summed E-state index contributed by atoms with van der Waals surface area (Å²) in [6, 6.07) is 23.9. The molecule has 3 aromatic carbocycles. The molecule has 4 aromatic rings. The van der Waals surface area contributed by atoms with E-state index in [1.54, 1.807) is 0 Å². The second-order valence-electron chi connectivity index (χ2n) is 5.83. The van der Waals surface area contributed by atoms with Crippen LogP contribution in [0.25, 0.3) is 34.2 Å². The highest BCUT2D eigenvalue weighted by atomic mass is 79.9. The van der Waals surface area contributed by atoms with Gasteiger partial charge in [-0.1, -0.05) is 84.2 Å². The van der Waals surface area contributed by atoms with Crippen LogP contribution in [0, 0.1) is 0 Å². The Bertz CT molecular complexity index is 1050. The molecule has 0 spiro atoms. The van der Waals surface area contributed by atoms with Gasteiger partial charge < -0.3 is 0 Å². The van der Waals surface area contributed by atoms with Crippen molar-refractivity contribution in [1.82, 2.24) is 15.0 Å². The van der Waals surface area contributed by atoms with Crippen LogP contribution >= 0.6 is 47.8 Å². The predicted octanol–water partition coefficient (Wildman–Crippen LogP) is 7.16. The molecule has 0 aliphatic rings. The highest BCUT2D eigenvalue weighted by Crippen LogP contribution is 2.27. The van der Waals surface area contributed by atoms with Crippen molar-refractivity contribution in [2.75, 3.05) is 0 Å². The first-order valence-electron chi connectivity index (χ1n) is 8.12. The van der Waals surface area contributed by atoms with Gasteiger partial charge in [0.1, 0.15) is 0 Å². The average Bonchev–Trinajstić information content (AvgIpc) is 2.68. The Morgan fingerprint density at radius 1 is 0.444 bits per heavy atom. The van der Waals surface area contributed by atoms with Gasteiger partial charge in [-0.3, -0.25) is 0 Å². The molecule has 3 nitrogen and oxygen atoms in total. The summed E-state index contributed by atoms with van der Waals surface area (Å²) < 4.78 is 2.98. The molecule has 0 unspecified atom stereocenters. The standard InChI is InChI=1S/C21H12Br3N3/c22-16-9-7-13(8-10-16)19-25-20(14-3-1-5-17(23)11-14)27-21(26-19)15-4-2-6-18(24)12-15/h1-12H. The zero-order valence-corrected chi connectivity index (χ0v) is 18.7. The van der Waals surface area contributed by atoms with E-state index in [0.717, 1.165) is 30.1 Å². The Hall–Kier alpha value is -1.89. The number of rotatable bonds is 3. The van der Waals surface area contributed by atoms with Gasteiger partial charge in [0.2, 0.25) is 0 Å². The molecule has 0 saturated carbocycles. The fourth-order valence-electron chi connectivity index (χ4n) is 2.62. The largest absolute Gasteiger partial charge is 0.208 e. The fourth-order valence-corrected chi connectivity index (χ4v) is 3.68. The summed E-state index contributed by atoms with van der Waals surface area (Å²) in [5.74, 6) is 1.92. The number of aromatic nitrogens is 3. The van der Waals surface area contributed by atoms with E-state index < -0.39 is 0 Å². The minimum absolute atomic E-state index is 0.638. The molecule has 1 aromatic heterocycles. The van der Waals surface area contributed by atoms with Gasteiger partial charge in [-0.05, 0) is 36.4 Å². The lowest BCUT2D eigenvalue weighted by molar-refractivity contribution is 1.07. The van der Waals surface area contributed by atoms with Gasteiger partial charge in [-0.15, -0.1) is 0 Å². The fraction of sp³-hybridized carbons (Fsp3) is 0. The topological polar surface area (TPSA) is 38.7 Å². The Kier molecular flexibility index (Phi) is 5.48. The molecular weight excluding hydrogens is 534 g/mol. The maximum atomic E-state index is 4.73. The van der Waals surface area contributed by atoms with E-state index in [9.17, 15) is 0 Å². The summed E-state index contributed by atoms with van der Waals surface area (Å²) in [5.41, 5.74) is 2.80. The van der Waals surface area contributed by atoms with E-state index in [4.69, 9.17) is 15.0 Å². The number of hydrogen-bond acceptors (Lipinski definition) is 3.